The Balaban J connectivity index is 1.75. The number of aromatic nitrogens is 3. The molecule has 0 aliphatic carbocycles. The average molecular weight is 326 g/mol. The highest BCUT2D eigenvalue weighted by Crippen LogP contribution is 2.15. The van der Waals surface area contributed by atoms with E-state index < -0.39 is 0 Å². The van der Waals surface area contributed by atoms with Crippen molar-refractivity contribution >= 4 is 22.7 Å². The topological polar surface area (TPSA) is 51.0 Å². The van der Waals surface area contributed by atoms with E-state index in [0.717, 1.165) is 6.54 Å². The van der Waals surface area contributed by atoms with E-state index in [1.165, 1.54) is 15.1 Å². The summed E-state index contributed by atoms with van der Waals surface area (Å²) < 4.78 is 1.40. The number of hydrogen-bond acceptors (Lipinski definition) is 5. The second-order valence-electron chi connectivity index (χ2n) is 5.41. The number of fused-ring (bicyclic) bond motifs is 1. The van der Waals surface area contributed by atoms with Crippen LogP contribution < -0.4 is 5.56 Å². The molecule has 0 saturated heterocycles. The van der Waals surface area contributed by atoms with Gasteiger partial charge < -0.3 is 0 Å². The monoisotopic (exact) mass is 326 g/mol. The highest BCUT2D eigenvalue weighted by molar-refractivity contribution is 7.98. The molecule has 1 heterocycles. The van der Waals surface area contributed by atoms with E-state index in [1.54, 1.807) is 23.9 Å². The predicted octanol–water partition coefficient (Wildman–Crippen LogP) is 2.60. The van der Waals surface area contributed by atoms with Crippen molar-refractivity contribution in [3.05, 3.63) is 64.4 Å². The lowest BCUT2D eigenvalue weighted by atomic mass is 10.2. The molecule has 2 aromatic carbocycles. The molecule has 0 amide bonds. The minimum Gasteiger partial charge on any atom is -0.283 e. The molecule has 0 spiro atoms. The molecule has 5 nitrogen and oxygen atoms in total. The van der Waals surface area contributed by atoms with Crippen molar-refractivity contribution in [2.24, 2.45) is 0 Å². The third-order valence-corrected chi connectivity index (χ3v) is 4.36. The molecule has 0 aliphatic heterocycles. The van der Waals surface area contributed by atoms with Crippen LogP contribution in [0.4, 0.5) is 0 Å². The summed E-state index contributed by atoms with van der Waals surface area (Å²) in [5.41, 5.74) is 1.72. The zero-order valence-corrected chi connectivity index (χ0v) is 14.0. The molecule has 3 rings (SSSR count). The molecular weight excluding hydrogens is 308 g/mol. The zero-order valence-electron chi connectivity index (χ0n) is 13.1. The normalized spacial score (nSPS) is 11.3. The van der Waals surface area contributed by atoms with Gasteiger partial charge in [0.2, 0.25) is 0 Å². The first-order valence-electron chi connectivity index (χ1n) is 7.31. The van der Waals surface area contributed by atoms with E-state index in [0.29, 0.717) is 17.6 Å². The van der Waals surface area contributed by atoms with Gasteiger partial charge in [-0.05, 0) is 43.1 Å². The second kappa shape index (κ2) is 6.93. The van der Waals surface area contributed by atoms with Crippen molar-refractivity contribution in [1.82, 2.24) is 19.9 Å². The number of thioether (sulfide) groups is 1. The first-order chi connectivity index (χ1) is 11.2. The van der Waals surface area contributed by atoms with Crippen molar-refractivity contribution in [2.45, 2.75) is 18.1 Å². The fraction of sp³-hybridized carbons (Fsp3) is 0.235. The van der Waals surface area contributed by atoms with Gasteiger partial charge >= 0.3 is 0 Å². The van der Waals surface area contributed by atoms with Gasteiger partial charge in [0, 0.05) is 11.4 Å². The fourth-order valence-electron chi connectivity index (χ4n) is 2.44. The molecule has 0 saturated carbocycles. The maximum atomic E-state index is 12.4. The Morgan fingerprint density at radius 3 is 2.61 bits per heavy atom. The van der Waals surface area contributed by atoms with Gasteiger partial charge in [-0.25, -0.2) is 0 Å². The van der Waals surface area contributed by atoms with E-state index in [2.05, 4.69) is 40.8 Å². The van der Waals surface area contributed by atoms with Crippen LogP contribution in [0.1, 0.15) is 5.56 Å². The van der Waals surface area contributed by atoms with Crippen LogP contribution in [0.3, 0.4) is 0 Å². The molecular formula is C17H18N4OS. The van der Waals surface area contributed by atoms with Crippen LogP contribution in [-0.2, 0) is 13.2 Å². The van der Waals surface area contributed by atoms with Crippen molar-refractivity contribution in [1.29, 1.82) is 0 Å². The highest BCUT2D eigenvalue weighted by Gasteiger charge is 2.08. The number of hydrogen-bond donors (Lipinski definition) is 0. The lowest BCUT2D eigenvalue weighted by Crippen LogP contribution is -2.32. The predicted molar refractivity (Wildman–Crippen MR) is 93.5 cm³/mol. The summed E-state index contributed by atoms with van der Waals surface area (Å²) in [6, 6.07) is 15.7. The van der Waals surface area contributed by atoms with Crippen LogP contribution >= 0.6 is 11.8 Å². The lowest BCUT2D eigenvalue weighted by Gasteiger charge is -2.17. The summed E-state index contributed by atoms with van der Waals surface area (Å²) in [6.07, 6.45) is 2.06. The smallest absolute Gasteiger partial charge is 0.278 e. The zero-order chi connectivity index (χ0) is 16.2. The van der Waals surface area contributed by atoms with Crippen molar-refractivity contribution < 1.29 is 0 Å². The summed E-state index contributed by atoms with van der Waals surface area (Å²) in [5.74, 6) is 0. The second-order valence-corrected chi connectivity index (χ2v) is 6.29. The van der Waals surface area contributed by atoms with E-state index >= 15 is 0 Å². The van der Waals surface area contributed by atoms with E-state index in [1.807, 2.05) is 24.1 Å². The van der Waals surface area contributed by atoms with Crippen LogP contribution in [-0.4, -0.2) is 33.2 Å². The highest BCUT2D eigenvalue weighted by atomic mass is 32.2. The maximum absolute atomic E-state index is 12.4. The summed E-state index contributed by atoms with van der Waals surface area (Å²) in [5, 5.41) is 8.73. The molecule has 6 heteroatoms. The average Bonchev–Trinajstić information content (AvgIpc) is 2.58. The third kappa shape index (κ3) is 3.60. The first-order valence-corrected chi connectivity index (χ1v) is 8.54. The SMILES string of the molecule is CSc1ccc(CN(C)Cn2nnc3ccccc3c2=O)cc1. The minimum atomic E-state index is -0.111. The number of rotatable bonds is 5. The standard InChI is InChI=1S/C17H18N4OS/c1-20(11-13-7-9-14(23-2)10-8-13)12-21-17(22)15-5-3-4-6-16(15)18-19-21/h3-10H,11-12H2,1-2H3. The molecule has 3 aromatic rings. The Kier molecular flexibility index (Phi) is 4.73. The molecule has 23 heavy (non-hydrogen) atoms. The van der Waals surface area contributed by atoms with Crippen molar-refractivity contribution in [3.8, 4) is 0 Å². The Bertz CT molecular complexity index is 860. The molecule has 1 aromatic heterocycles. The molecule has 0 unspecified atom stereocenters. The Morgan fingerprint density at radius 1 is 1.13 bits per heavy atom. The Morgan fingerprint density at radius 2 is 1.87 bits per heavy atom. The minimum absolute atomic E-state index is 0.111. The van der Waals surface area contributed by atoms with Crippen molar-refractivity contribution in [2.75, 3.05) is 13.3 Å². The van der Waals surface area contributed by atoms with Gasteiger partial charge in [0.1, 0.15) is 5.52 Å². The quantitative estimate of drug-likeness (QED) is 0.675. The van der Waals surface area contributed by atoms with E-state index in [-0.39, 0.29) is 5.56 Å². The van der Waals surface area contributed by atoms with Crippen LogP contribution in [0.15, 0.2) is 58.2 Å². The van der Waals surface area contributed by atoms with Crippen LogP contribution in [0.2, 0.25) is 0 Å². The van der Waals surface area contributed by atoms with E-state index in [4.69, 9.17) is 0 Å². The molecule has 0 fully saturated rings. The molecule has 0 N–H and O–H groups in total. The van der Waals surface area contributed by atoms with Crippen LogP contribution in [0.25, 0.3) is 10.9 Å². The van der Waals surface area contributed by atoms with Crippen LogP contribution in [0, 0.1) is 0 Å². The summed E-state index contributed by atoms with van der Waals surface area (Å²) in [4.78, 5) is 15.7. The molecule has 0 radical (unpaired) electrons. The largest absolute Gasteiger partial charge is 0.283 e. The summed E-state index contributed by atoms with van der Waals surface area (Å²) in [6.45, 7) is 1.15. The third-order valence-electron chi connectivity index (χ3n) is 3.62. The Labute approximate surface area is 138 Å². The van der Waals surface area contributed by atoms with Crippen LogP contribution in [0.5, 0.6) is 0 Å². The van der Waals surface area contributed by atoms with Gasteiger partial charge in [0.05, 0.1) is 12.1 Å². The van der Waals surface area contributed by atoms with Gasteiger partial charge in [-0.15, -0.1) is 16.9 Å². The number of nitrogens with zero attached hydrogens (tertiary/aromatic N) is 4. The van der Waals surface area contributed by atoms with Gasteiger partial charge in [-0.1, -0.05) is 29.5 Å². The molecule has 118 valence electrons. The molecule has 0 atom stereocenters. The maximum Gasteiger partial charge on any atom is 0.278 e. The van der Waals surface area contributed by atoms with Gasteiger partial charge in [0.25, 0.3) is 5.56 Å². The van der Waals surface area contributed by atoms with Gasteiger partial charge in [-0.3, -0.25) is 9.69 Å². The van der Waals surface area contributed by atoms with Gasteiger partial charge in [0.15, 0.2) is 0 Å². The van der Waals surface area contributed by atoms with Crippen molar-refractivity contribution in [3.63, 3.8) is 0 Å². The van der Waals surface area contributed by atoms with Gasteiger partial charge in [-0.2, -0.15) is 4.68 Å². The van der Waals surface area contributed by atoms with E-state index in [9.17, 15) is 4.79 Å². The fourth-order valence-corrected chi connectivity index (χ4v) is 2.85. The first kappa shape index (κ1) is 15.7. The lowest BCUT2D eigenvalue weighted by molar-refractivity contribution is 0.236. The summed E-state index contributed by atoms with van der Waals surface area (Å²) >= 11 is 1.72. The summed E-state index contributed by atoms with van der Waals surface area (Å²) in [7, 11) is 1.96. The number of benzene rings is 2. The molecule has 0 bridgehead atoms. The molecule has 0 aliphatic rings. The Hall–Kier alpha value is -2.18.